The molecule has 0 amide bonds. The summed E-state index contributed by atoms with van der Waals surface area (Å²) in [6.07, 6.45) is 4.69. The Morgan fingerprint density at radius 1 is 1.23 bits per heavy atom. The van der Waals surface area contributed by atoms with Crippen molar-refractivity contribution in [3.8, 4) is 11.5 Å². The van der Waals surface area contributed by atoms with Crippen LogP contribution in [-0.2, 0) is 0 Å². The van der Waals surface area contributed by atoms with E-state index in [1.807, 2.05) is 12.1 Å². The number of hydrogen-bond acceptors (Lipinski definition) is 3. The van der Waals surface area contributed by atoms with Crippen LogP contribution in [0, 0.1) is 0 Å². The lowest BCUT2D eigenvalue weighted by Gasteiger charge is -2.30. The van der Waals surface area contributed by atoms with Gasteiger partial charge in [0.1, 0.15) is 11.5 Å². The Hall–Kier alpha value is -2.00. The summed E-state index contributed by atoms with van der Waals surface area (Å²) in [5, 5.41) is 0. The zero-order valence-corrected chi connectivity index (χ0v) is 13.5. The molecule has 1 aromatic rings. The SMILES string of the molecule is CCCOc1ccc(OCC(C)=[N+]=[N-])c(N2CCCCC2)c1. The Labute approximate surface area is 132 Å². The molecule has 2 rings (SSSR count). The highest BCUT2D eigenvalue weighted by Crippen LogP contribution is 2.34. The van der Waals surface area contributed by atoms with Crippen LogP contribution in [0.5, 0.6) is 11.5 Å². The average Bonchev–Trinajstić information content (AvgIpc) is 2.58. The number of rotatable bonds is 7. The minimum absolute atomic E-state index is 0.284. The number of nitrogens with zero attached hydrogens (tertiary/aromatic N) is 3. The molecule has 1 aliphatic heterocycles. The Morgan fingerprint density at radius 3 is 2.68 bits per heavy atom. The molecule has 1 aliphatic rings. The van der Waals surface area contributed by atoms with Gasteiger partial charge in [0.25, 0.3) is 0 Å². The van der Waals surface area contributed by atoms with Gasteiger partial charge < -0.3 is 19.9 Å². The molecule has 0 N–H and O–H groups in total. The molecule has 22 heavy (non-hydrogen) atoms. The monoisotopic (exact) mass is 303 g/mol. The van der Waals surface area contributed by atoms with E-state index in [9.17, 15) is 0 Å². The molecule has 5 nitrogen and oxygen atoms in total. The molecule has 0 aliphatic carbocycles. The van der Waals surface area contributed by atoms with Gasteiger partial charge in [-0.05, 0) is 37.8 Å². The summed E-state index contributed by atoms with van der Waals surface area (Å²) in [6, 6.07) is 5.94. The van der Waals surface area contributed by atoms with Crippen molar-refractivity contribution >= 4 is 11.4 Å². The van der Waals surface area contributed by atoms with E-state index in [-0.39, 0.29) is 6.61 Å². The fourth-order valence-electron chi connectivity index (χ4n) is 2.52. The van der Waals surface area contributed by atoms with E-state index in [4.69, 9.17) is 15.0 Å². The van der Waals surface area contributed by atoms with Crippen molar-refractivity contribution in [3.05, 3.63) is 23.7 Å². The van der Waals surface area contributed by atoms with Gasteiger partial charge in [-0.1, -0.05) is 6.92 Å². The normalized spacial score (nSPS) is 14.4. The fourth-order valence-corrected chi connectivity index (χ4v) is 2.52. The van der Waals surface area contributed by atoms with Crippen LogP contribution in [0.4, 0.5) is 5.69 Å². The summed E-state index contributed by atoms with van der Waals surface area (Å²) in [7, 11) is 0. The first-order valence-corrected chi connectivity index (χ1v) is 8.06. The second-order valence-corrected chi connectivity index (χ2v) is 5.65. The van der Waals surface area contributed by atoms with Gasteiger partial charge in [0.05, 0.1) is 12.3 Å². The molecule has 0 aromatic heterocycles. The van der Waals surface area contributed by atoms with Crippen LogP contribution in [0.25, 0.3) is 5.53 Å². The predicted octanol–water partition coefficient (Wildman–Crippen LogP) is 3.54. The summed E-state index contributed by atoms with van der Waals surface area (Å²) >= 11 is 0. The summed E-state index contributed by atoms with van der Waals surface area (Å²) in [5.41, 5.74) is 10.4. The van der Waals surface area contributed by atoms with Crippen molar-refractivity contribution in [3.63, 3.8) is 0 Å². The lowest BCUT2D eigenvalue weighted by Crippen LogP contribution is -2.30. The highest BCUT2D eigenvalue weighted by molar-refractivity contribution is 5.78. The average molecular weight is 303 g/mol. The van der Waals surface area contributed by atoms with Gasteiger partial charge in [0.2, 0.25) is 0 Å². The second-order valence-electron chi connectivity index (χ2n) is 5.65. The molecular weight excluding hydrogens is 278 g/mol. The predicted molar refractivity (Wildman–Crippen MR) is 88.1 cm³/mol. The third-order valence-corrected chi connectivity index (χ3v) is 3.71. The first-order valence-electron chi connectivity index (χ1n) is 8.06. The van der Waals surface area contributed by atoms with Gasteiger partial charge in [-0.2, -0.15) is 4.79 Å². The summed E-state index contributed by atoms with van der Waals surface area (Å²) < 4.78 is 11.6. The second kappa shape index (κ2) is 8.44. The summed E-state index contributed by atoms with van der Waals surface area (Å²) in [4.78, 5) is 5.51. The molecule has 0 spiro atoms. The third kappa shape index (κ3) is 4.50. The van der Waals surface area contributed by atoms with E-state index in [0.29, 0.717) is 5.71 Å². The van der Waals surface area contributed by atoms with Crippen LogP contribution in [0.15, 0.2) is 18.2 Å². The van der Waals surface area contributed by atoms with E-state index in [1.54, 1.807) is 6.92 Å². The Kier molecular flexibility index (Phi) is 6.28. The Balaban J connectivity index is 2.19. The van der Waals surface area contributed by atoms with Gasteiger partial charge >= 0.3 is 5.71 Å². The standard InChI is InChI=1S/C17H25N3O2/c1-3-11-21-15-7-8-17(22-13-14(2)19-18)16(12-15)20-9-5-4-6-10-20/h7-8,12H,3-6,9-11,13H2,1-2H3. The number of ether oxygens (including phenoxy) is 2. The molecule has 0 atom stereocenters. The number of hydrogen-bond donors (Lipinski definition) is 0. The van der Waals surface area contributed by atoms with Crippen LogP contribution < -0.4 is 14.4 Å². The van der Waals surface area contributed by atoms with Gasteiger partial charge in [-0.3, -0.25) is 0 Å². The van der Waals surface area contributed by atoms with Crippen LogP contribution in [0.2, 0.25) is 0 Å². The minimum Gasteiger partial charge on any atom is -0.494 e. The summed E-state index contributed by atoms with van der Waals surface area (Å²) in [5.74, 6) is 1.69. The summed E-state index contributed by atoms with van der Waals surface area (Å²) in [6.45, 7) is 6.92. The molecule has 1 aromatic carbocycles. The van der Waals surface area contributed by atoms with Crippen LogP contribution >= 0.6 is 0 Å². The molecule has 120 valence electrons. The minimum atomic E-state index is 0.284. The van der Waals surface area contributed by atoms with Crippen molar-refractivity contribution < 1.29 is 14.3 Å². The van der Waals surface area contributed by atoms with Crippen molar-refractivity contribution in [1.82, 2.24) is 0 Å². The zero-order valence-electron chi connectivity index (χ0n) is 13.5. The number of benzene rings is 1. The first kappa shape index (κ1) is 16.4. The molecule has 1 fully saturated rings. The molecular formula is C17H25N3O2. The molecule has 0 radical (unpaired) electrons. The van der Waals surface area contributed by atoms with E-state index < -0.39 is 0 Å². The van der Waals surface area contributed by atoms with E-state index in [0.717, 1.165) is 43.3 Å². The molecule has 1 saturated heterocycles. The Morgan fingerprint density at radius 2 is 2.00 bits per heavy atom. The third-order valence-electron chi connectivity index (χ3n) is 3.71. The Bertz CT molecular complexity index is 533. The molecule has 5 heteroatoms. The van der Waals surface area contributed by atoms with E-state index >= 15 is 0 Å². The maximum atomic E-state index is 8.75. The molecule has 0 saturated carbocycles. The zero-order chi connectivity index (χ0) is 15.8. The van der Waals surface area contributed by atoms with Gasteiger partial charge in [0.15, 0.2) is 6.61 Å². The van der Waals surface area contributed by atoms with Crippen molar-refractivity contribution in [2.24, 2.45) is 0 Å². The maximum Gasteiger partial charge on any atom is 0.302 e. The van der Waals surface area contributed by atoms with Gasteiger partial charge in [-0.25, -0.2) is 0 Å². The van der Waals surface area contributed by atoms with Crippen LogP contribution in [-0.4, -0.2) is 36.8 Å². The van der Waals surface area contributed by atoms with E-state index in [1.165, 1.54) is 19.3 Å². The number of anilines is 1. The fraction of sp³-hybridized carbons (Fsp3) is 0.588. The maximum absolute atomic E-state index is 8.75. The first-order chi connectivity index (χ1) is 10.7. The van der Waals surface area contributed by atoms with Crippen LogP contribution in [0.3, 0.4) is 0 Å². The lowest BCUT2D eigenvalue weighted by atomic mass is 10.1. The van der Waals surface area contributed by atoms with Crippen molar-refractivity contribution in [2.45, 2.75) is 39.5 Å². The molecule has 0 bridgehead atoms. The topological polar surface area (TPSA) is 58.1 Å². The van der Waals surface area contributed by atoms with Crippen molar-refractivity contribution in [2.75, 3.05) is 31.2 Å². The smallest absolute Gasteiger partial charge is 0.302 e. The van der Waals surface area contributed by atoms with Gasteiger partial charge in [-0.15, -0.1) is 0 Å². The number of piperidine rings is 1. The van der Waals surface area contributed by atoms with Crippen LogP contribution in [0.1, 0.15) is 39.5 Å². The quantitative estimate of drug-likeness (QED) is 0.440. The van der Waals surface area contributed by atoms with Gasteiger partial charge in [0, 0.05) is 26.1 Å². The highest BCUT2D eigenvalue weighted by Gasteiger charge is 2.17. The lowest BCUT2D eigenvalue weighted by molar-refractivity contribution is -0.0121. The molecule has 0 unspecified atom stereocenters. The van der Waals surface area contributed by atoms with Crippen molar-refractivity contribution in [1.29, 1.82) is 0 Å². The highest BCUT2D eigenvalue weighted by atomic mass is 16.5. The molecule has 1 heterocycles. The van der Waals surface area contributed by atoms with E-state index in [2.05, 4.69) is 22.7 Å². The largest absolute Gasteiger partial charge is 0.494 e.